The number of nitrogens with zero attached hydrogens (tertiary/aromatic N) is 2. The number of rotatable bonds is 1. The van der Waals surface area contributed by atoms with Crippen LogP contribution in [0.15, 0.2) is 0 Å². The maximum absolute atomic E-state index is 10.3. The van der Waals surface area contributed by atoms with Crippen LogP contribution in [0.1, 0.15) is 5.56 Å². The van der Waals surface area contributed by atoms with Gasteiger partial charge in [0.15, 0.2) is 0 Å². The standard InChI is InChI=1S/C6H4Cl2N2O3/c1-2-3(7)4(11)6(10(12)13)9-5(2)8/h11H,1H3. The molecule has 0 radical (unpaired) electrons. The number of hydrogen-bond acceptors (Lipinski definition) is 4. The van der Waals surface area contributed by atoms with Crippen LogP contribution < -0.4 is 0 Å². The summed E-state index contributed by atoms with van der Waals surface area (Å²) in [6.07, 6.45) is 0. The number of hydrogen-bond donors (Lipinski definition) is 1. The first kappa shape index (κ1) is 10.0. The lowest BCUT2D eigenvalue weighted by molar-refractivity contribution is -0.390. The number of pyridine rings is 1. The minimum atomic E-state index is -0.855. The molecule has 0 bridgehead atoms. The molecule has 1 rings (SSSR count). The molecule has 0 saturated carbocycles. The van der Waals surface area contributed by atoms with Crippen LogP contribution in [-0.4, -0.2) is 15.0 Å². The SMILES string of the molecule is Cc1c(Cl)nc([N+](=O)[O-])c(O)c1Cl. The van der Waals surface area contributed by atoms with E-state index in [0.29, 0.717) is 5.56 Å². The zero-order valence-corrected chi connectivity index (χ0v) is 7.93. The van der Waals surface area contributed by atoms with Gasteiger partial charge in [-0.25, -0.2) is 0 Å². The summed E-state index contributed by atoms with van der Waals surface area (Å²) in [4.78, 5) is 12.8. The van der Waals surface area contributed by atoms with E-state index in [1.54, 1.807) is 0 Å². The molecule has 7 heteroatoms. The van der Waals surface area contributed by atoms with Crippen LogP contribution in [0, 0.1) is 17.0 Å². The molecule has 0 saturated heterocycles. The van der Waals surface area contributed by atoms with Crippen molar-refractivity contribution in [3.05, 3.63) is 25.9 Å². The average molecular weight is 223 g/mol. The zero-order chi connectivity index (χ0) is 10.2. The van der Waals surface area contributed by atoms with Crippen molar-refractivity contribution in [1.29, 1.82) is 0 Å². The molecule has 0 aliphatic rings. The average Bonchev–Trinajstić information content (AvgIpc) is 2.07. The van der Waals surface area contributed by atoms with Gasteiger partial charge in [-0.3, -0.25) is 0 Å². The minimum Gasteiger partial charge on any atom is -0.500 e. The van der Waals surface area contributed by atoms with Gasteiger partial charge < -0.3 is 15.2 Å². The number of halogens is 2. The molecule has 1 heterocycles. The van der Waals surface area contributed by atoms with E-state index in [1.165, 1.54) is 6.92 Å². The Bertz CT molecular complexity index is 381. The number of aromatic hydroxyl groups is 1. The molecule has 5 nitrogen and oxygen atoms in total. The van der Waals surface area contributed by atoms with Crippen LogP contribution in [0.5, 0.6) is 5.75 Å². The summed E-state index contributed by atoms with van der Waals surface area (Å²) in [5.74, 6) is -1.39. The third-order valence-electron chi connectivity index (χ3n) is 1.44. The van der Waals surface area contributed by atoms with Gasteiger partial charge in [-0.05, 0) is 28.4 Å². The van der Waals surface area contributed by atoms with Gasteiger partial charge in [0.2, 0.25) is 10.9 Å². The Kier molecular flexibility index (Phi) is 2.58. The van der Waals surface area contributed by atoms with E-state index in [4.69, 9.17) is 23.2 Å². The van der Waals surface area contributed by atoms with Gasteiger partial charge in [0, 0.05) is 5.56 Å². The highest BCUT2D eigenvalue weighted by Gasteiger charge is 2.23. The molecular weight excluding hydrogens is 219 g/mol. The minimum absolute atomic E-state index is 0.0884. The second kappa shape index (κ2) is 3.35. The first-order chi connectivity index (χ1) is 5.95. The first-order valence-corrected chi connectivity index (χ1v) is 3.89. The molecule has 13 heavy (non-hydrogen) atoms. The van der Waals surface area contributed by atoms with Crippen molar-refractivity contribution in [2.75, 3.05) is 0 Å². The Labute approximate surface area is 83.1 Å². The van der Waals surface area contributed by atoms with Gasteiger partial charge in [-0.15, -0.1) is 0 Å². The third kappa shape index (κ3) is 1.66. The lowest BCUT2D eigenvalue weighted by Crippen LogP contribution is -1.95. The fourth-order valence-electron chi connectivity index (χ4n) is 0.723. The zero-order valence-electron chi connectivity index (χ0n) is 6.41. The van der Waals surface area contributed by atoms with E-state index in [1.807, 2.05) is 0 Å². The van der Waals surface area contributed by atoms with Crippen LogP contribution in [0.3, 0.4) is 0 Å². The summed E-state index contributed by atoms with van der Waals surface area (Å²) in [5, 5.41) is 19.2. The summed E-state index contributed by atoms with van der Waals surface area (Å²) >= 11 is 11.1. The van der Waals surface area contributed by atoms with Crippen molar-refractivity contribution < 1.29 is 10.0 Å². The van der Waals surface area contributed by atoms with Crippen LogP contribution in [0.4, 0.5) is 5.82 Å². The first-order valence-electron chi connectivity index (χ1n) is 3.14. The molecule has 1 aromatic rings. The molecule has 0 aliphatic heterocycles. The largest absolute Gasteiger partial charge is 0.500 e. The van der Waals surface area contributed by atoms with E-state index in [-0.39, 0.29) is 10.2 Å². The van der Waals surface area contributed by atoms with Crippen molar-refractivity contribution >= 4 is 29.0 Å². The quantitative estimate of drug-likeness (QED) is 0.450. The van der Waals surface area contributed by atoms with Crippen LogP contribution in [0.25, 0.3) is 0 Å². The third-order valence-corrected chi connectivity index (χ3v) is 2.27. The topological polar surface area (TPSA) is 76.3 Å². The predicted molar refractivity (Wildman–Crippen MR) is 47.3 cm³/mol. The Hall–Kier alpha value is -1.07. The highest BCUT2D eigenvalue weighted by molar-refractivity contribution is 6.36. The second-order valence-corrected chi connectivity index (χ2v) is 3.01. The highest BCUT2D eigenvalue weighted by atomic mass is 35.5. The van der Waals surface area contributed by atoms with E-state index in [0.717, 1.165) is 0 Å². The molecule has 0 aliphatic carbocycles. The Morgan fingerprint density at radius 2 is 2.08 bits per heavy atom. The van der Waals surface area contributed by atoms with E-state index in [2.05, 4.69) is 4.98 Å². The monoisotopic (exact) mass is 222 g/mol. The number of nitro groups is 1. The van der Waals surface area contributed by atoms with Crippen molar-refractivity contribution in [2.24, 2.45) is 0 Å². The van der Waals surface area contributed by atoms with Crippen LogP contribution >= 0.6 is 23.2 Å². The van der Waals surface area contributed by atoms with Crippen molar-refractivity contribution in [1.82, 2.24) is 4.98 Å². The summed E-state index contributed by atoms with van der Waals surface area (Å²) in [7, 11) is 0. The van der Waals surface area contributed by atoms with Crippen LogP contribution in [-0.2, 0) is 0 Å². The summed E-state index contributed by atoms with van der Waals surface area (Å²) < 4.78 is 0. The molecule has 0 atom stereocenters. The lowest BCUT2D eigenvalue weighted by Gasteiger charge is -2.00. The van der Waals surface area contributed by atoms with Gasteiger partial charge >= 0.3 is 5.82 Å². The van der Waals surface area contributed by atoms with Gasteiger partial charge in [0.05, 0.1) is 5.02 Å². The number of aromatic nitrogens is 1. The molecule has 0 aromatic carbocycles. The fourth-order valence-corrected chi connectivity index (χ4v) is 1.12. The molecule has 0 fully saturated rings. The molecule has 0 amide bonds. The van der Waals surface area contributed by atoms with Crippen LogP contribution in [0.2, 0.25) is 10.2 Å². The Balaban J connectivity index is 3.50. The van der Waals surface area contributed by atoms with E-state index < -0.39 is 16.5 Å². The maximum Gasteiger partial charge on any atom is 0.409 e. The Morgan fingerprint density at radius 3 is 2.54 bits per heavy atom. The normalized spacial score (nSPS) is 10.1. The molecule has 70 valence electrons. The molecule has 1 N–H and O–H groups in total. The van der Waals surface area contributed by atoms with Gasteiger partial charge in [0.25, 0.3) is 0 Å². The Morgan fingerprint density at radius 1 is 1.54 bits per heavy atom. The summed E-state index contributed by atoms with van der Waals surface area (Å²) in [5.41, 5.74) is 0.312. The summed E-state index contributed by atoms with van der Waals surface area (Å²) in [6, 6.07) is 0. The van der Waals surface area contributed by atoms with Crippen molar-refractivity contribution in [3.8, 4) is 5.75 Å². The van der Waals surface area contributed by atoms with Gasteiger partial charge in [-0.2, -0.15) is 0 Å². The lowest BCUT2D eigenvalue weighted by atomic mass is 10.3. The van der Waals surface area contributed by atoms with E-state index >= 15 is 0 Å². The molecule has 1 aromatic heterocycles. The maximum atomic E-state index is 10.3. The van der Waals surface area contributed by atoms with E-state index in [9.17, 15) is 15.2 Å². The smallest absolute Gasteiger partial charge is 0.409 e. The summed E-state index contributed by atoms with van der Waals surface area (Å²) in [6.45, 7) is 1.50. The molecule has 0 spiro atoms. The van der Waals surface area contributed by atoms with Crippen molar-refractivity contribution in [3.63, 3.8) is 0 Å². The van der Waals surface area contributed by atoms with Crippen molar-refractivity contribution in [2.45, 2.75) is 6.92 Å². The molecule has 0 unspecified atom stereocenters. The van der Waals surface area contributed by atoms with Gasteiger partial charge in [-0.1, -0.05) is 11.6 Å². The highest BCUT2D eigenvalue weighted by Crippen LogP contribution is 2.36. The fraction of sp³-hybridized carbons (Fsp3) is 0.167. The predicted octanol–water partition coefficient (Wildman–Crippen LogP) is 2.31. The second-order valence-electron chi connectivity index (χ2n) is 2.27. The molecular formula is C6H4Cl2N2O3. The van der Waals surface area contributed by atoms with Gasteiger partial charge in [0.1, 0.15) is 0 Å².